The van der Waals surface area contributed by atoms with Gasteiger partial charge in [-0.15, -0.1) is 0 Å². The molecule has 2 aromatic carbocycles. The number of benzene rings is 2. The summed E-state index contributed by atoms with van der Waals surface area (Å²) < 4.78 is 18.3. The number of hydrogen-bond donors (Lipinski definition) is 0. The fourth-order valence-corrected chi connectivity index (χ4v) is 7.18. The first-order chi connectivity index (χ1) is 22.4. The molecule has 0 N–H and O–H groups in total. The molecule has 3 aliphatic rings. The van der Waals surface area contributed by atoms with Gasteiger partial charge in [0.15, 0.2) is 11.5 Å². The molecule has 2 aromatic heterocycles. The smallest absolute Gasteiger partial charge is 0.267 e. The maximum Gasteiger partial charge on any atom is 0.267 e. The molecule has 0 saturated carbocycles. The van der Waals surface area contributed by atoms with Crippen molar-refractivity contribution in [2.45, 2.75) is 19.9 Å². The molecule has 0 unspecified atom stereocenters. The molecular weight excluding hydrogens is 623 g/mol. The van der Waals surface area contributed by atoms with E-state index in [4.69, 9.17) is 31.4 Å². The van der Waals surface area contributed by atoms with Crippen LogP contribution in [0.2, 0.25) is 0 Å². The van der Waals surface area contributed by atoms with E-state index in [-0.39, 0.29) is 18.3 Å². The lowest BCUT2D eigenvalue weighted by atomic mass is 10.1. The van der Waals surface area contributed by atoms with Crippen molar-refractivity contribution >= 4 is 51.7 Å². The van der Waals surface area contributed by atoms with Crippen molar-refractivity contribution in [1.82, 2.24) is 19.2 Å². The lowest BCUT2D eigenvalue weighted by Gasteiger charge is -2.36. The molecule has 5 heterocycles. The number of anilines is 1. The maximum atomic E-state index is 14.0. The quantitative estimate of drug-likeness (QED) is 0.200. The van der Waals surface area contributed by atoms with Crippen molar-refractivity contribution < 1.29 is 19.0 Å². The third kappa shape index (κ3) is 6.07. The summed E-state index contributed by atoms with van der Waals surface area (Å²) in [5.41, 5.74) is 3.92. The van der Waals surface area contributed by atoms with Crippen LogP contribution in [0.15, 0.2) is 70.5 Å². The highest BCUT2D eigenvalue weighted by Gasteiger charge is 2.33. The Morgan fingerprint density at radius 2 is 1.74 bits per heavy atom. The van der Waals surface area contributed by atoms with Crippen molar-refractivity contribution in [2.75, 3.05) is 51.5 Å². The number of fused-ring (bicyclic) bond motifs is 2. The summed E-state index contributed by atoms with van der Waals surface area (Å²) in [7, 11) is 1.63. The second-order valence-corrected chi connectivity index (χ2v) is 13.1. The van der Waals surface area contributed by atoms with Crippen LogP contribution in [-0.4, -0.2) is 76.0 Å². The minimum absolute atomic E-state index is 0.197. The number of methoxy groups -OCH3 is 1. The first kappa shape index (κ1) is 30.3. The highest BCUT2D eigenvalue weighted by atomic mass is 32.2. The lowest BCUT2D eigenvalue weighted by Crippen LogP contribution is -2.47. The van der Waals surface area contributed by atoms with Gasteiger partial charge in [-0.3, -0.25) is 23.8 Å². The Morgan fingerprint density at radius 3 is 2.52 bits per heavy atom. The van der Waals surface area contributed by atoms with Crippen LogP contribution in [0.5, 0.6) is 17.2 Å². The number of thiocarbonyl (C=S) groups is 1. The molecule has 12 heteroatoms. The van der Waals surface area contributed by atoms with Gasteiger partial charge in [-0.1, -0.05) is 48.2 Å². The van der Waals surface area contributed by atoms with Crippen molar-refractivity contribution in [1.29, 1.82) is 0 Å². The second kappa shape index (κ2) is 12.8. The zero-order chi connectivity index (χ0) is 31.8. The Labute approximate surface area is 276 Å². The molecule has 0 atom stereocenters. The molecular formula is C34H33N5O5S2. The van der Waals surface area contributed by atoms with E-state index in [9.17, 15) is 9.59 Å². The van der Waals surface area contributed by atoms with Gasteiger partial charge in [0.25, 0.3) is 11.5 Å². The predicted molar refractivity (Wildman–Crippen MR) is 183 cm³/mol. The number of nitrogens with zero attached hydrogens (tertiary/aromatic N) is 5. The molecule has 0 radical (unpaired) electrons. The third-order valence-electron chi connectivity index (χ3n) is 8.43. The first-order valence-electron chi connectivity index (χ1n) is 15.1. The average Bonchev–Trinajstić information content (AvgIpc) is 3.64. The number of rotatable bonds is 8. The van der Waals surface area contributed by atoms with Crippen LogP contribution in [-0.2, 0) is 17.8 Å². The number of pyridine rings is 1. The van der Waals surface area contributed by atoms with E-state index in [1.165, 1.54) is 11.8 Å². The summed E-state index contributed by atoms with van der Waals surface area (Å²) in [6.45, 7) is 6.36. The van der Waals surface area contributed by atoms with Crippen LogP contribution in [0.25, 0.3) is 11.7 Å². The second-order valence-electron chi connectivity index (χ2n) is 11.5. The van der Waals surface area contributed by atoms with Gasteiger partial charge in [0.2, 0.25) is 6.79 Å². The monoisotopic (exact) mass is 655 g/mol. The molecule has 3 aliphatic heterocycles. The minimum Gasteiger partial charge on any atom is -0.497 e. The summed E-state index contributed by atoms with van der Waals surface area (Å²) >= 11 is 6.85. The number of aryl methyl sites for hydroxylation is 1. The van der Waals surface area contributed by atoms with Crippen LogP contribution in [0.3, 0.4) is 0 Å². The number of carbonyl (C=O) groups is 1. The zero-order valence-corrected chi connectivity index (χ0v) is 27.2. The summed E-state index contributed by atoms with van der Waals surface area (Å²) in [4.78, 5) is 39.1. The number of aromatic nitrogens is 2. The van der Waals surface area contributed by atoms with E-state index in [2.05, 4.69) is 15.9 Å². The highest BCUT2D eigenvalue weighted by Crippen LogP contribution is 2.35. The van der Waals surface area contributed by atoms with E-state index in [0.29, 0.717) is 52.3 Å². The molecule has 0 bridgehead atoms. The molecule has 0 spiro atoms. The van der Waals surface area contributed by atoms with E-state index < -0.39 is 0 Å². The Hall–Kier alpha value is -4.39. The zero-order valence-electron chi connectivity index (χ0n) is 25.6. The Morgan fingerprint density at radius 1 is 0.978 bits per heavy atom. The van der Waals surface area contributed by atoms with Crippen molar-refractivity contribution in [2.24, 2.45) is 0 Å². The van der Waals surface area contributed by atoms with Crippen molar-refractivity contribution in [3.63, 3.8) is 0 Å². The van der Waals surface area contributed by atoms with Gasteiger partial charge in [0, 0.05) is 45.5 Å². The van der Waals surface area contributed by atoms with Crippen molar-refractivity contribution in [3.8, 4) is 17.2 Å². The molecule has 1 amide bonds. The Bertz CT molecular complexity index is 1920. The fourth-order valence-electron chi connectivity index (χ4n) is 5.89. The van der Waals surface area contributed by atoms with Gasteiger partial charge in [-0.25, -0.2) is 4.98 Å². The van der Waals surface area contributed by atoms with Gasteiger partial charge >= 0.3 is 0 Å². The topological polar surface area (TPSA) is 88.8 Å². The van der Waals surface area contributed by atoms with Gasteiger partial charge < -0.3 is 19.1 Å². The van der Waals surface area contributed by atoms with Crippen LogP contribution < -0.4 is 24.7 Å². The van der Waals surface area contributed by atoms with Crippen LogP contribution in [0, 0.1) is 6.92 Å². The maximum absolute atomic E-state index is 14.0. The summed E-state index contributed by atoms with van der Waals surface area (Å²) in [6, 6.07) is 17.6. The molecule has 2 saturated heterocycles. The summed E-state index contributed by atoms with van der Waals surface area (Å²) in [5.74, 6) is 2.73. The first-order valence-corrected chi connectivity index (χ1v) is 16.4. The van der Waals surface area contributed by atoms with Gasteiger partial charge in [0.1, 0.15) is 21.5 Å². The Kier molecular flexibility index (Phi) is 8.41. The highest BCUT2D eigenvalue weighted by molar-refractivity contribution is 8.26. The number of piperazine rings is 1. The molecule has 0 aliphatic carbocycles. The molecule has 46 heavy (non-hydrogen) atoms. The van der Waals surface area contributed by atoms with Gasteiger partial charge in [-0.2, -0.15) is 0 Å². The van der Waals surface area contributed by atoms with E-state index in [0.717, 1.165) is 53.6 Å². The normalized spacial score (nSPS) is 17.5. The standard InChI is InChI=1S/C34H33N5O5S2/c1-22-3-10-30-35-31(37-15-13-36(14-16-37)20-24-6-9-27-28(17-24)44-21-43-27)26(32(40)39(30)19-22)18-29-33(41)38(34(45)46-29)12-11-23-4-7-25(42-2)8-5-23/h3-10,17-19H,11-16,20-21H2,1-2H3/b29-18+. The largest absolute Gasteiger partial charge is 0.497 e. The SMILES string of the molecule is COc1ccc(CCN2C(=O)/C(=C\c3c(N4CCN(Cc5ccc6c(c5)OCO6)CC4)nc4ccc(C)cn4c3=O)SC2=S)cc1. The van der Waals surface area contributed by atoms with Gasteiger partial charge in [-0.05, 0) is 66.4 Å². The number of thioether (sulfide) groups is 1. The molecule has 4 aromatic rings. The number of hydrogen-bond acceptors (Lipinski definition) is 10. The van der Waals surface area contributed by atoms with Crippen LogP contribution in [0.4, 0.5) is 5.82 Å². The molecule has 7 rings (SSSR count). The van der Waals surface area contributed by atoms with E-state index in [1.54, 1.807) is 28.7 Å². The number of amides is 1. The third-order valence-corrected chi connectivity index (χ3v) is 9.81. The number of carbonyl (C=O) groups excluding carboxylic acids is 1. The lowest BCUT2D eigenvalue weighted by molar-refractivity contribution is -0.122. The van der Waals surface area contributed by atoms with Gasteiger partial charge in [0.05, 0.1) is 17.6 Å². The molecule has 2 fully saturated rings. The Balaban J connectivity index is 1.12. The average molecular weight is 656 g/mol. The number of ether oxygens (including phenoxy) is 3. The van der Waals surface area contributed by atoms with Crippen LogP contribution >= 0.6 is 24.0 Å². The van der Waals surface area contributed by atoms with Crippen LogP contribution in [0.1, 0.15) is 22.3 Å². The van der Waals surface area contributed by atoms with E-state index in [1.807, 2.05) is 55.5 Å². The molecule has 10 nitrogen and oxygen atoms in total. The summed E-state index contributed by atoms with van der Waals surface area (Å²) in [5, 5.41) is 0. The minimum atomic E-state index is -0.213. The van der Waals surface area contributed by atoms with Crippen molar-refractivity contribution in [3.05, 3.63) is 98.3 Å². The molecule has 236 valence electrons. The fraction of sp³-hybridized carbons (Fsp3) is 0.294. The van der Waals surface area contributed by atoms with E-state index >= 15 is 0 Å². The summed E-state index contributed by atoms with van der Waals surface area (Å²) in [6.07, 6.45) is 4.12. The predicted octanol–water partition coefficient (Wildman–Crippen LogP) is 4.51.